The second kappa shape index (κ2) is 5.05. The monoisotopic (exact) mass is 233 g/mol. The van der Waals surface area contributed by atoms with Gasteiger partial charge in [0.05, 0.1) is 0 Å². The summed E-state index contributed by atoms with van der Waals surface area (Å²) in [6, 6.07) is 7.16. The van der Waals surface area contributed by atoms with E-state index in [1.165, 1.54) is 0 Å². The fourth-order valence-electron chi connectivity index (χ4n) is 1.66. The molecular weight excluding hydrogens is 222 g/mol. The zero-order valence-corrected chi connectivity index (χ0v) is 9.63. The minimum atomic E-state index is -0.0764. The van der Waals surface area contributed by atoms with E-state index in [-0.39, 0.29) is 5.91 Å². The molecule has 1 aromatic rings. The standard InChI is InChI=1S/C13H12ClNO/c14-12-6-3-11(4-7-12)5-8-13(16)15-9-1-2-10-15/h3-4,6-7H,1-2,9-10H2. The maximum atomic E-state index is 11.6. The summed E-state index contributed by atoms with van der Waals surface area (Å²) < 4.78 is 0. The third-order valence-electron chi connectivity index (χ3n) is 2.55. The zero-order valence-electron chi connectivity index (χ0n) is 8.87. The quantitative estimate of drug-likeness (QED) is 0.630. The molecule has 3 heteroatoms. The molecule has 0 N–H and O–H groups in total. The van der Waals surface area contributed by atoms with Gasteiger partial charge in [0.15, 0.2) is 0 Å². The van der Waals surface area contributed by atoms with Gasteiger partial charge < -0.3 is 4.90 Å². The minimum absolute atomic E-state index is 0.0764. The van der Waals surface area contributed by atoms with Crippen LogP contribution in [-0.4, -0.2) is 23.9 Å². The Morgan fingerprint density at radius 2 is 1.81 bits per heavy atom. The number of hydrogen-bond donors (Lipinski definition) is 0. The Hall–Kier alpha value is -1.46. The van der Waals surface area contributed by atoms with Gasteiger partial charge in [-0.15, -0.1) is 0 Å². The Labute approximate surface area is 100 Å². The van der Waals surface area contributed by atoms with Crippen LogP contribution in [0.5, 0.6) is 0 Å². The van der Waals surface area contributed by atoms with Crippen LogP contribution in [0, 0.1) is 11.8 Å². The lowest BCUT2D eigenvalue weighted by atomic mass is 10.2. The summed E-state index contributed by atoms with van der Waals surface area (Å²) in [5.74, 6) is 5.43. The van der Waals surface area contributed by atoms with Gasteiger partial charge in [-0.1, -0.05) is 17.5 Å². The molecule has 0 aromatic heterocycles. The van der Waals surface area contributed by atoms with Crippen LogP contribution >= 0.6 is 11.6 Å². The lowest BCUT2D eigenvalue weighted by molar-refractivity contribution is -0.124. The topological polar surface area (TPSA) is 20.3 Å². The number of amides is 1. The molecule has 1 amide bonds. The molecule has 0 saturated carbocycles. The fraction of sp³-hybridized carbons (Fsp3) is 0.308. The summed E-state index contributed by atoms with van der Waals surface area (Å²) >= 11 is 5.75. The molecule has 16 heavy (non-hydrogen) atoms. The molecular formula is C13H12ClNO. The molecule has 2 rings (SSSR count). The van der Waals surface area contributed by atoms with E-state index in [1.54, 1.807) is 17.0 Å². The smallest absolute Gasteiger partial charge is 0.298 e. The van der Waals surface area contributed by atoms with Crippen molar-refractivity contribution in [3.05, 3.63) is 34.9 Å². The molecule has 0 bridgehead atoms. The number of benzene rings is 1. The third-order valence-corrected chi connectivity index (χ3v) is 2.80. The third kappa shape index (κ3) is 2.77. The maximum Gasteiger partial charge on any atom is 0.298 e. The number of hydrogen-bond acceptors (Lipinski definition) is 1. The van der Waals surface area contributed by atoms with E-state index in [0.29, 0.717) is 5.02 Å². The van der Waals surface area contributed by atoms with Crippen molar-refractivity contribution in [2.45, 2.75) is 12.8 Å². The normalized spacial score (nSPS) is 14.4. The van der Waals surface area contributed by atoms with Crippen LogP contribution in [0.15, 0.2) is 24.3 Å². The second-order valence-corrected chi connectivity index (χ2v) is 4.19. The average Bonchev–Trinajstić information content (AvgIpc) is 2.81. The summed E-state index contributed by atoms with van der Waals surface area (Å²) in [5, 5.41) is 0.677. The summed E-state index contributed by atoms with van der Waals surface area (Å²) in [6.07, 6.45) is 2.18. The first-order chi connectivity index (χ1) is 7.75. The summed E-state index contributed by atoms with van der Waals surface area (Å²) in [4.78, 5) is 13.4. The van der Waals surface area contributed by atoms with E-state index in [9.17, 15) is 4.79 Å². The molecule has 0 radical (unpaired) electrons. The van der Waals surface area contributed by atoms with Crippen LogP contribution in [0.3, 0.4) is 0 Å². The van der Waals surface area contributed by atoms with Crippen molar-refractivity contribution < 1.29 is 4.79 Å². The van der Waals surface area contributed by atoms with Gasteiger partial charge in [0, 0.05) is 29.6 Å². The fourth-order valence-corrected chi connectivity index (χ4v) is 1.78. The predicted octanol–water partition coefficient (Wildman–Crippen LogP) is 2.31. The number of nitrogens with zero attached hydrogens (tertiary/aromatic N) is 1. The van der Waals surface area contributed by atoms with Crippen LogP contribution in [0.1, 0.15) is 18.4 Å². The Morgan fingerprint density at radius 1 is 1.19 bits per heavy atom. The zero-order chi connectivity index (χ0) is 11.4. The first-order valence-corrected chi connectivity index (χ1v) is 5.70. The van der Waals surface area contributed by atoms with Gasteiger partial charge in [-0.05, 0) is 37.1 Å². The van der Waals surface area contributed by atoms with Crippen molar-refractivity contribution in [2.75, 3.05) is 13.1 Å². The number of rotatable bonds is 0. The molecule has 1 heterocycles. The lowest BCUT2D eigenvalue weighted by Crippen LogP contribution is -2.25. The number of halogens is 1. The first kappa shape index (κ1) is 11.0. The van der Waals surface area contributed by atoms with Crippen LogP contribution in [0.25, 0.3) is 0 Å². The molecule has 1 aliphatic rings. The molecule has 0 atom stereocenters. The average molecular weight is 234 g/mol. The summed E-state index contributed by atoms with van der Waals surface area (Å²) in [5.41, 5.74) is 0.817. The van der Waals surface area contributed by atoms with E-state index >= 15 is 0 Å². The Morgan fingerprint density at radius 3 is 2.44 bits per heavy atom. The Bertz CT molecular complexity index is 435. The predicted molar refractivity (Wildman–Crippen MR) is 64.1 cm³/mol. The van der Waals surface area contributed by atoms with Gasteiger partial charge in [0.1, 0.15) is 0 Å². The van der Waals surface area contributed by atoms with Crippen molar-refractivity contribution in [3.63, 3.8) is 0 Å². The van der Waals surface area contributed by atoms with Gasteiger partial charge in [-0.2, -0.15) is 0 Å². The van der Waals surface area contributed by atoms with E-state index in [0.717, 1.165) is 31.5 Å². The molecule has 0 unspecified atom stereocenters. The van der Waals surface area contributed by atoms with Crippen molar-refractivity contribution in [3.8, 4) is 11.8 Å². The van der Waals surface area contributed by atoms with Crippen molar-refractivity contribution >= 4 is 17.5 Å². The highest BCUT2D eigenvalue weighted by atomic mass is 35.5. The molecule has 82 valence electrons. The van der Waals surface area contributed by atoms with Crippen LogP contribution in [-0.2, 0) is 4.79 Å². The number of carbonyl (C=O) groups excluding carboxylic acids is 1. The largest absolute Gasteiger partial charge is 0.332 e. The maximum absolute atomic E-state index is 11.6. The van der Waals surface area contributed by atoms with Gasteiger partial charge in [0.2, 0.25) is 0 Å². The van der Waals surface area contributed by atoms with Gasteiger partial charge in [0.25, 0.3) is 5.91 Å². The van der Waals surface area contributed by atoms with Crippen LogP contribution in [0.2, 0.25) is 5.02 Å². The van der Waals surface area contributed by atoms with Gasteiger partial charge >= 0.3 is 0 Å². The van der Waals surface area contributed by atoms with E-state index in [2.05, 4.69) is 11.8 Å². The van der Waals surface area contributed by atoms with Gasteiger partial charge in [-0.3, -0.25) is 4.79 Å². The van der Waals surface area contributed by atoms with Crippen molar-refractivity contribution in [1.82, 2.24) is 4.90 Å². The second-order valence-electron chi connectivity index (χ2n) is 3.76. The highest BCUT2D eigenvalue weighted by Gasteiger charge is 2.15. The summed E-state index contributed by atoms with van der Waals surface area (Å²) in [7, 11) is 0. The molecule has 1 aromatic carbocycles. The minimum Gasteiger partial charge on any atom is -0.332 e. The number of likely N-dealkylation sites (tertiary alicyclic amines) is 1. The van der Waals surface area contributed by atoms with Crippen LogP contribution in [0.4, 0.5) is 0 Å². The molecule has 2 nitrogen and oxygen atoms in total. The van der Waals surface area contributed by atoms with E-state index < -0.39 is 0 Å². The van der Waals surface area contributed by atoms with E-state index in [4.69, 9.17) is 11.6 Å². The SMILES string of the molecule is O=C(C#Cc1ccc(Cl)cc1)N1CCCC1. The summed E-state index contributed by atoms with van der Waals surface area (Å²) in [6.45, 7) is 1.68. The molecule has 1 saturated heterocycles. The molecule has 1 aliphatic heterocycles. The highest BCUT2D eigenvalue weighted by molar-refractivity contribution is 6.30. The highest BCUT2D eigenvalue weighted by Crippen LogP contribution is 2.09. The van der Waals surface area contributed by atoms with E-state index in [1.807, 2.05) is 12.1 Å². The molecule has 1 fully saturated rings. The Kier molecular flexibility index (Phi) is 3.48. The van der Waals surface area contributed by atoms with Crippen molar-refractivity contribution in [2.24, 2.45) is 0 Å². The van der Waals surface area contributed by atoms with Crippen molar-refractivity contribution in [1.29, 1.82) is 0 Å². The Balaban J connectivity index is 2.03. The number of carbonyl (C=O) groups is 1. The molecule has 0 spiro atoms. The molecule has 0 aliphatic carbocycles. The first-order valence-electron chi connectivity index (χ1n) is 5.32. The lowest BCUT2D eigenvalue weighted by Gasteiger charge is -2.09. The van der Waals surface area contributed by atoms with Gasteiger partial charge in [-0.25, -0.2) is 0 Å². The van der Waals surface area contributed by atoms with Crippen LogP contribution < -0.4 is 0 Å².